The van der Waals surface area contributed by atoms with Crippen LogP contribution in [0.2, 0.25) is 0 Å². The van der Waals surface area contributed by atoms with Crippen molar-refractivity contribution in [3.63, 3.8) is 0 Å². The van der Waals surface area contributed by atoms with Gasteiger partial charge in [-0.2, -0.15) is 5.26 Å². The van der Waals surface area contributed by atoms with Crippen LogP contribution in [0.25, 0.3) is 0 Å². The summed E-state index contributed by atoms with van der Waals surface area (Å²) in [5.41, 5.74) is 1.86. The molecule has 1 amide bonds. The number of aliphatic hydroxyl groups is 1. The van der Waals surface area contributed by atoms with Crippen molar-refractivity contribution < 1.29 is 9.90 Å². The maximum absolute atomic E-state index is 11.9. The Morgan fingerprint density at radius 3 is 2.67 bits per heavy atom. The first-order chi connectivity index (χ1) is 10.2. The number of unbranched alkanes of at least 4 members (excludes halogenated alkanes) is 1. The molecular weight excluding hydrogens is 266 g/mol. The average molecular weight is 287 g/mol. The minimum atomic E-state index is -0.468. The molecule has 0 saturated heterocycles. The van der Waals surface area contributed by atoms with Crippen LogP contribution in [0.15, 0.2) is 36.0 Å². The zero-order chi connectivity index (χ0) is 15.5. The number of nitrogens with zero attached hydrogens (tertiary/aromatic N) is 1. The van der Waals surface area contributed by atoms with Gasteiger partial charge in [0.1, 0.15) is 11.6 Å². The monoisotopic (exact) mass is 287 g/mol. The number of nitriles is 1. The molecule has 0 unspecified atom stereocenters. The van der Waals surface area contributed by atoms with Crippen LogP contribution in [0.3, 0.4) is 0 Å². The van der Waals surface area contributed by atoms with Gasteiger partial charge in [0.25, 0.3) is 5.91 Å². The fourth-order valence-corrected chi connectivity index (χ4v) is 1.72. The molecule has 5 nitrogen and oxygen atoms in total. The SMILES string of the molecule is CCCCc1ccc(NC(=O)/C(C#N)=C\NCCO)cc1. The van der Waals surface area contributed by atoms with Gasteiger partial charge in [0.05, 0.1) is 6.61 Å². The van der Waals surface area contributed by atoms with Gasteiger partial charge in [-0.15, -0.1) is 0 Å². The second-order valence-electron chi connectivity index (χ2n) is 4.60. The van der Waals surface area contributed by atoms with E-state index in [1.807, 2.05) is 30.3 Å². The molecule has 0 bridgehead atoms. The molecule has 0 spiro atoms. The lowest BCUT2D eigenvalue weighted by Crippen LogP contribution is -2.18. The summed E-state index contributed by atoms with van der Waals surface area (Å²) in [5, 5.41) is 22.9. The van der Waals surface area contributed by atoms with Gasteiger partial charge in [-0.05, 0) is 30.5 Å². The van der Waals surface area contributed by atoms with Gasteiger partial charge in [-0.25, -0.2) is 0 Å². The van der Waals surface area contributed by atoms with Crippen molar-refractivity contribution in [2.45, 2.75) is 26.2 Å². The summed E-state index contributed by atoms with van der Waals surface area (Å²) >= 11 is 0. The third-order valence-corrected chi connectivity index (χ3v) is 2.90. The van der Waals surface area contributed by atoms with Gasteiger partial charge in [-0.3, -0.25) is 4.79 Å². The lowest BCUT2D eigenvalue weighted by atomic mass is 10.1. The summed E-state index contributed by atoms with van der Waals surface area (Å²) in [4.78, 5) is 11.9. The highest BCUT2D eigenvalue weighted by molar-refractivity contribution is 6.06. The predicted octanol–water partition coefficient (Wildman–Crippen LogP) is 1.96. The summed E-state index contributed by atoms with van der Waals surface area (Å²) in [6.45, 7) is 2.38. The molecule has 5 heteroatoms. The zero-order valence-electron chi connectivity index (χ0n) is 12.2. The smallest absolute Gasteiger partial charge is 0.267 e. The predicted molar refractivity (Wildman–Crippen MR) is 82.5 cm³/mol. The number of hydrogen-bond acceptors (Lipinski definition) is 4. The maximum atomic E-state index is 11.9. The van der Waals surface area contributed by atoms with Gasteiger partial charge in [-0.1, -0.05) is 25.5 Å². The molecule has 21 heavy (non-hydrogen) atoms. The van der Waals surface area contributed by atoms with Crippen molar-refractivity contribution in [1.82, 2.24) is 5.32 Å². The maximum Gasteiger partial charge on any atom is 0.267 e. The molecule has 1 aromatic carbocycles. The Morgan fingerprint density at radius 2 is 2.10 bits per heavy atom. The number of hydrogen-bond donors (Lipinski definition) is 3. The fraction of sp³-hybridized carbons (Fsp3) is 0.375. The summed E-state index contributed by atoms with van der Waals surface area (Å²) in [5.74, 6) is -0.468. The molecule has 0 saturated carbocycles. The Bertz CT molecular complexity index is 515. The molecule has 0 fully saturated rings. The van der Waals surface area contributed by atoms with E-state index in [9.17, 15) is 4.79 Å². The van der Waals surface area contributed by atoms with E-state index in [0.29, 0.717) is 12.2 Å². The number of rotatable bonds is 8. The lowest BCUT2D eigenvalue weighted by molar-refractivity contribution is -0.112. The highest BCUT2D eigenvalue weighted by Crippen LogP contribution is 2.12. The molecule has 0 atom stereocenters. The molecule has 0 aliphatic rings. The van der Waals surface area contributed by atoms with E-state index in [0.717, 1.165) is 19.3 Å². The summed E-state index contributed by atoms with van der Waals surface area (Å²) in [7, 11) is 0. The van der Waals surface area contributed by atoms with E-state index in [1.165, 1.54) is 11.8 Å². The third-order valence-electron chi connectivity index (χ3n) is 2.90. The normalized spacial score (nSPS) is 10.8. The number of carbonyl (C=O) groups is 1. The second kappa shape index (κ2) is 9.56. The number of aryl methyl sites for hydroxylation is 1. The molecule has 0 radical (unpaired) electrons. The van der Waals surface area contributed by atoms with Crippen molar-refractivity contribution in [2.75, 3.05) is 18.5 Å². The first-order valence-corrected chi connectivity index (χ1v) is 7.06. The standard InChI is InChI=1S/C16H21N3O2/c1-2-3-4-13-5-7-15(8-6-13)19-16(21)14(11-17)12-18-9-10-20/h5-8,12,18,20H,2-4,9-10H2,1H3,(H,19,21)/b14-12-. The number of nitrogens with one attached hydrogen (secondary N) is 2. The largest absolute Gasteiger partial charge is 0.395 e. The van der Waals surface area contributed by atoms with Gasteiger partial charge in [0, 0.05) is 18.4 Å². The molecular formula is C16H21N3O2. The number of benzene rings is 1. The van der Waals surface area contributed by atoms with Crippen LogP contribution in [0.1, 0.15) is 25.3 Å². The third kappa shape index (κ3) is 6.11. The first-order valence-electron chi connectivity index (χ1n) is 7.06. The van der Waals surface area contributed by atoms with E-state index < -0.39 is 5.91 Å². The minimum absolute atomic E-state index is 0.0292. The Labute approximate surface area is 125 Å². The molecule has 0 heterocycles. The number of carbonyl (C=O) groups excluding carboxylic acids is 1. The van der Waals surface area contributed by atoms with Crippen molar-refractivity contribution in [2.24, 2.45) is 0 Å². The van der Waals surface area contributed by atoms with E-state index >= 15 is 0 Å². The Hall–Kier alpha value is -2.32. The Morgan fingerprint density at radius 1 is 1.38 bits per heavy atom. The van der Waals surface area contributed by atoms with Crippen LogP contribution < -0.4 is 10.6 Å². The highest BCUT2D eigenvalue weighted by Gasteiger charge is 2.08. The number of anilines is 1. The molecule has 3 N–H and O–H groups in total. The van der Waals surface area contributed by atoms with Crippen LogP contribution in [0.4, 0.5) is 5.69 Å². The quantitative estimate of drug-likeness (QED) is 0.387. The lowest BCUT2D eigenvalue weighted by Gasteiger charge is -2.06. The van der Waals surface area contributed by atoms with Crippen LogP contribution in [0, 0.1) is 11.3 Å². The summed E-state index contributed by atoms with van der Waals surface area (Å²) < 4.78 is 0. The molecule has 1 rings (SSSR count). The van der Waals surface area contributed by atoms with Crippen LogP contribution in [-0.2, 0) is 11.2 Å². The molecule has 112 valence electrons. The Kier molecular flexibility index (Phi) is 7.62. The van der Waals surface area contributed by atoms with Gasteiger partial charge in [0.2, 0.25) is 0 Å². The van der Waals surface area contributed by atoms with E-state index in [-0.39, 0.29) is 12.2 Å². The fourth-order valence-electron chi connectivity index (χ4n) is 1.72. The molecule has 0 aliphatic carbocycles. The highest BCUT2D eigenvalue weighted by atomic mass is 16.3. The summed E-state index contributed by atoms with van der Waals surface area (Å²) in [6.07, 6.45) is 4.62. The number of amides is 1. The molecule has 1 aromatic rings. The van der Waals surface area contributed by atoms with E-state index in [1.54, 1.807) is 0 Å². The average Bonchev–Trinajstić information content (AvgIpc) is 2.51. The van der Waals surface area contributed by atoms with Crippen LogP contribution in [-0.4, -0.2) is 24.2 Å². The van der Waals surface area contributed by atoms with E-state index in [2.05, 4.69) is 17.6 Å². The molecule has 0 aliphatic heterocycles. The van der Waals surface area contributed by atoms with Crippen molar-refractivity contribution in [3.8, 4) is 6.07 Å². The topological polar surface area (TPSA) is 85.2 Å². The minimum Gasteiger partial charge on any atom is -0.395 e. The number of aliphatic hydroxyl groups excluding tert-OH is 1. The Balaban J connectivity index is 2.61. The van der Waals surface area contributed by atoms with Gasteiger partial charge in [0.15, 0.2) is 0 Å². The van der Waals surface area contributed by atoms with Crippen molar-refractivity contribution in [3.05, 3.63) is 41.6 Å². The first kappa shape index (κ1) is 16.7. The van der Waals surface area contributed by atoms with Crippen LogP contribution in [0.5, 0.6) is 0 Å². The molecule has 0 aromatic heterocycles. The van der Waals surface area contributed by atoms with Crippen molar-refractivity contribution in [1.29, 1.82) is 5.26 Å². The van der Waals surface area contributed by atoms with Gasteiger partial charge >= 0.3 is 0 Å². The van der Waals surface area contributed by atoms with Crippen molar-refractivity contribution >= 4 is 11.6 Å². The van der Waals surface area contributed by atoms with Gasteiger partial charge < -0.3 is 15.7 Å². The summed E-state index contributed by atoms with van der Waals surface area (Å²) in [6, 6.07) is 9.44. The second-order valence-corrected chi connectivity index (χ2v) is 4.60. The zero-order valence-corrected chi connectivity index (χ0v) is 12.2. The van der Waals surface area contributed by atoms with E-state index in [4.69, 9.17) is 10.4 Å². The van der Waals surface area contributed by atoms with Crippen LogP contribution >= 0.6 is 0 Å².